The molecule has 0 fully saturated rings. The number of unbranched alkanes of at least 4 members (excludes halogenated alkanes) is 1. The molecule has 0 saturated heterocycles. The molecule has 1 N–H and O–H groups in total. The minimum absolute atomic E-state index is 0.727. The molecular formula is C9H18N4O. The number of aryl methyl sites for hydroxylation is 1. The fraction of sp³-hybridized carbons (Fsp3) is 0.778. The molecule has 0 bridgehead atoms. The van der Waals surface area contributed by atoms with Crippen molar-refractivity contribution in [1.29, 1.82) is 0 Å². The normalized spacial score (nSPS) is 10.7. The lowest BCUT2D eigenvalue weighted by Gasteiger charge is -1.99. The van der Waals surface area contributed by atoms with Gasteiger partial charge in [-0.15, -0.1) is 0 Å². The van der Waals surface area contributed by atoms with E-state index in [0.717, 1.165) is 38.4 Å². The monoisotopic (exact) mass is 198 g/mol. The van der Waals surface area contributed by atoms with Crippen LogP contribution in [0.5, 0.6) is 0 Å². The molecule has 0 aliphatic heterocycles. The topological polar surface area (TPSA) is 52.0 Å². The maximum atomic E-state index is 4.97. The summed E-state index contributed by atoms with van der Waals surface area (Å²) in [6.45, 7) is 2.46. The van der Waals surface area contributed by atoms with Crippen LogP contribution in [0.2, 0.25) is 0 Å². The highest BCUT2D eigenvalue weighted by Crippen LogP contribution is 1.95. The van der Waals surface area contributed by atoms with E-state index >= 15 is 0 Å². The first kappa shape index (κ1) is 11.1. The molecule has 0 unspecified atom stereocenters. The van der Waals surface area contributed by atoms with Crippen molar-refractivity contribution in [1.82, 2.24) is 20.1 Å². The Labute approximate surface area is 84.5 Å². The van der Waals surface area contributed by atoms with E-state index < -0.39 is 0 Å². The van der Waals surface area contributed by atoms with Gasteiger partial charge in [0, 0.05) is 20.3 Å². The lowest BCUT2D eigenvalue weighted by molar-refractivity contribution is 0.191. The van der Waals surface area contributed by atoms with E-state index in [4.69, 9.17) is 4.74 Å². The highest BCUT2D eigenvalue weighted by atomic mass is 16.5. The Morgan fingerprint density at radius 1 is 1.50 bits per heavy atom. The molecule has 0 atom stereocenters. The SMILES string of the molecule is CNCc1ncn(CCCCOC)n1. The van der Waals surface area contributed by atoms with Gasteiger partial charge in [0.25, 0.3) is 0 Å². The second-order valence-electron chi connectivity index (χ2n) is 3.15. The van der Waals surface area contributed by atoms with Gasteiger partial charge in [-0.2, -0.15) is 5.10 Å². The van der Waals surface area contributed by atoms with Crippen LogP contribution in [0.4, 0.5) is 0 Å². The highest BCUT2D eigenvalue weighted by Gasteiger charge is 1.98. The van der Waals surface area contributed by atoms with Crippen molar-refractivity contribution in [2.75, 3.05) is 20.8 Å². The number of methoxy groups -OCH3 is 1. The lowest BCUT2D eigenvalue weighted by Crippen LogP contribution is -2.08. The van der Waals surface area contributed by atoms with E-state index in [2.05, 4.69) is 15.4 Å². The van der Waals surface area contributed by atoms with Crippen molar-refractivity contribution in [3.63, 3.8) is 0 Å². The van der Waals surface area contributed by atoms with Crippen LogP contribution in [0.15, 0.2) is 6.33 Å². The second kappa shape index (κ2) is 6.50. The summed E-state index contributed by atoms with van der Waals surface area (Å²) >= 11 is 0. The average Bonchev–Trinajstić information content (AvgIpc) is 2.61. The molecule has 80 valence electrons. The molecular weight excluding hydrogens is 180 g/mol. The minimum atomic E-state index is 0.727. The van der Waals surface area contributed by atoms with E-state index in [1.165, 1.54) is 0 Å². The van der Waals surface area contributed by atoms with E-state index in [0.29, 0.717) is 0 Å². The Kier molecular flexibility index (Phi) is 5.17. The van der Waals surface area contributed by atoms with Gasteiger partial charge in [0.1, 0.15) is 6.33 Å². The van der Waals surface area contributed by atoms with E-state index in [1.54, 1.807) is 13.4 Å². The number of nitrogens with zero attached hydrogens (tertiary/aromatic N) is 3. The summed E-state index contributed by atoms with van der Waals surface area (Å²) in [7, 11) is 3.61. The number of aromatic nitrogens is 3. The molecule has 1 heterocycles. The Balaban J connectivity index is 2.22. The van der Waals surface area contributed by atoms with Crippen LogP contribution in [0.3, 0.4) is 0 Å². The maximum absolute atomic E-state index is 4.97. The van der Waals surface area contributed by atoms with Crippen LogP contribution in [-0.4, -0.2) is 35.5 Å². The van der Waals surface area contributed by atoms with Gasteiger partial charge >= 0.3 is 0 Å². The molecule has 1 aromatic rings. The predicted molar refractivity (Wildman–Crippen MR) is 53.9 cm³/mol. The molecule has 1 rings (SSSR count). The molecule has 0 amide bonds. The summed E-state index contributed by atoms with van der Waals surface area (Å²) in [5, 5.41) is 7.32. The number of rotatable bonds is 7. The third-order valence-corrected chi connectivity index (χ3v) is 1.90. The first-order valence-electron chi connectivity index (χ1n) is 4.88. The summed E-state index contributed by atoms with van der Waals surface area (Å²) in [6.07, 6.45) is 3.92. The molecule has 0 aromatic carbocycles. The second-order valence-corrected chi connectivity index (χ2v) is 3.15. The number of hydrogen-bond acceptors (Lipinski definition) is 4. The minimum Gasteiger partial charge on any atom is -0.385 e. The van der Waals surface area contributed by atoms with Crippen LogP contribution in [-0.2, 0) is 17.8 Å². The van der Waals surface area contributed by atoms with E-state index in [1.807, 2.05) is 11.7 Å². The Hall–Kier alpha value is -0.940. The zero-order valence-corrected chi connectivity index (χ0v) is 8.86. The molecule has 0 aliphatic rings. The van der Waals surface area contributed by atoms with Gasteiger partial charge in [-0.05, 0) is 19.9 Å². The molecule has 0 radical (unpaired) electrons. The van der Waals surface area contributed by atoms with Crippen molar-refractivity contribution >= 4 is 0 Å². The van der Waals surface area contributed by atoms with Crippen LogP contribution in [0, 0.1) is 0 Å². The Morgan fingerprint density at radius 3 is 3.07 bits per heavy atom. The van der Waals surface area contributed by atoms with Crippen molar-refractivity contribution in [3.8, 4) is 0 Å². The molecule has 5 nitrogen and oxygen atoms in total. The fourth-order valence-electron chi connectivity index (χ4n) is 1.20. The predicted octanol–water partition coefficient (Wildman–Crippen LogP) is 0.424. The summed E-state index contributed by atoms with van der Waals surface area (Å²) in [4.78, 5) is 4.16. The third-order valence-electron chi connectivity index (χ3n) is 1.90. The van der Waals surface area contributed by atoms with Gasteiger partial charge in [0.2, 0.25) is 0 Å². The molecule has 1 aromatic heterocycles. The summed E-state index contributed by atoms with van der Waals surface area (Å²) < 4.78 is 6.85. The van der Waals surface area contributed by atoms with Crippen molar-refractivity contribution < 1.29 is 4.74 Å². The zero-order valence-electron chi connectivity index (χ0n) is 8.86. The van der Waals surface area contributed by atoms with Crippen LogP contribution >= 0.6 is 0 Å². The summed E-state index contributed by atoms with van der Waals surface area (Å²) in [6, 6.07) is 0. The molecule has 0 spiro atoms. The van der Waals surface area contributed by atoms with Gasteiger partial charge in [0.05, 0.1) is 6.54 Å². The van der Waals surface area contributed by atoms with Gasteiger partial charge < -0.3 is 10.1 Å². The zero-order chi connectivity index (χ0) is 10.2. The van der Waals surface area contributed by atoms with E-state index in [9.17, 15) is 0 Å². The first-order valence-corrected chi connectivity index (χ1v) is 4.88. The van der Waals surface area contributed by atoms with Crippen molar-refractivity contribution in [3.05, 3.63) is 12.2 Å². The number of hydrogen-bond donors (Lipinski definition) is 1. The molecule has 14 heavy (non-hydrogen) atoms. The lowest BCUT2D eigenvalue weighted by atomic mass is 10.3. The van der Waals surface area contributed by atoms with Crippen molar-refractivity contribution in [2.45, 2.75) is 25.9 Å². The first-order chi connectivity index (χ1) is 6.86. The largest absolute Gasteiger partial charge is 0.385 e. The smallest absolute Gasteiger partial charge is 0.164 e. The van der Waals surface area contributed by atoms with Crippen LogP contribution < -0.4 is 5.32 Å². The number of nitrogens with one attached hydrogen (secondary N) is 1. The third kappa shape index (κ3) is 3.85. The van der Waals surface area contributed by atoms with E-state index in [-0.39, 0.29) is 0 Å². The van der Waals surface area contributed by atoms with Crippen LogP contribution in [0.1, 0.15) is 18.7 Å². The quantitative estimate of drug-likeness (QED) is 0.645. The Bertz CT molecular complexity index is 249. The fourth-order valence-corrected chi connectivity index (χ4v) is 1.20. The Morgan fingerprint density at radius 2 is 2.36 bits per heavy atom. The van der Waals surface area contributed by atoms with Gasteiger partial charge in [-0.3, -0.25) is 4.68 Å². The molecule has 0 saturated carbocycles. The maximum Gasteiger partial charge on any atom is 0.164 e. The van der Waals surface area contributed by atoms with Crippen molar-refractivity contribution in [2.24, 2.45) is 0 Å². The number of ether oxygens (including phenoxy) is 1. The summed E-state index contributed by atoms with van der Waals surface area (Å²) in [5.41, 5.74) is 0. The van der Waals surface area contributed by atoms with Gasteiger partial charge in [0.15, 0.2) is 5.82 Å². The van der Waals surface area contributed by atoms with Crippen LogP contribution in [0.25, 0.3) is 0 Å². The van der Waals surface area contributed by atoms with Gasteiger partial charge in [-0.25, -0.2) is 4.98 Å². The molecule has 0 aliphatic carbocycles. The van der Waals surface area contributed by atoms with Gasteiger partial charge in [-0.1, -0.05) is 0 Å². The average molecular weight is 198 g/mol. The standard InChI is InChI=1S/C9H18N4O/c1-10-7-9-11-8-13(12-9)5-3-4-6-14-2/h8,10H,3-7H2,1-2H3. The molecule has 5 heteroatoms. The summed E-state index contributed by atoms with van der Waals surface area (Å²) in [5.74, 6) is 0.847. The highest BCUT2D eigenvalue weighted by molar-refractivity contribution is 4.79.